The van der Waals surface area contributed by atoms with Gasteiger partial charge in [0.1, 0.15) is 0 Å². The molecule has 0 fully saturated rings. The summed E-state index contributed by atoms with van der Waals surface area (Å²) in [5.41, 5.74) is 2.32. The number of nitrogens with zero attached hydrogens (tertiary/aromatic N) is 1. The molecule has 0 aliphatic carbocycles. The Balaban J connectivity index is 2.84. The molecule has 0 radical (unpaired) electrons. The molecule has 0 N–H and O–H groups in total. The van der Waals surface area contributed by atoms with E-state index in [1.165, 1.54) is 11.8 Å². The van der Waals surface area contributed by atoms with Gasteiger partial charge in [0, 0.05) is 0 Å². The highest BCUT2D eigenvalue weighted by Crippen LogP contribution is 2.04. The summed E-state index contributed by atoms with van der Waals surface area (Å²) in [6.45, 7) is 8.58. The molecule has 54 valence electrons. The number of hydrogen-bond acceptors (Lipinski definition) is 0. The van der Waals surface area contributed by atoms with Crippen LogP contribution in [0.5, 0.6) is 0 Å². The maximum absolute atomic E-state index is 6.53. The highest BCUT2D eigenvalue weighted by atomic mass is 14.6. The second-order valence-corrected chi connectivity index (χ2v) is 2.36. The number of rotatable bonds is 1. The van der Waals surface area contributed by atoms with Crippen molar-refractivity contribution in [2.75, 3.05) is 0 Å². The van der Waals surface area contributed by atoms with Gasteiger partial charge in [-0.05, 0) is 12.5 Å². The van der Waals surface area contributed by atoms with Crippen molar-refractivity contribution in [1.29, 1.82) is 0 Å². The van der Waals surface area contributed by atoms with E-state index in [4.69, 9.17) is 6.57 Å². The predicted octanol–water partition coefficient (Wildman–Crippen LogP) is 2.89. The van der Waals surface area contributed by atoms with E-state index in [1.54, 1.807) is 6.08 Å². The molecule has 11 heavy (non-hydrogen) atoms. The van der Waals surface area contributed by atoms with Crippen LogP contribution >= 0.6 is 0 Å². The fourth-order valence-corrected chi connectivity index (χ4v) is 0.801. The lowest BCUT2D eigenvalue weighted by atomic mass is 10.1. The van der Waals surface area contributed by atoms with Crippen molar-refractivity contribution in [3.63, 3.8) is 0 Å². The summed E-state index contributed by atoms with van der Waals surface area (Å²) in [5, 5.41) is 0. The molecule has 0 heterocycles. The Morgan fingerprint density at radius 1 is 1.27 bits per heavy atom. The molecule has 0 aromatic heterocycles. The molecule has 0 bridgehead atoms. The van der Waals surface area contributed by atoms with E-state index in [2.05, 4.69) is 4.85 Å². The number of aryl methyl sites for hydroxylation is 1. The SMILES string of the molecule is [C-]#[N+]/C=C/c1ccc(C)cc1. The van der Waals surface area contributed by atoms with Gasteiger partial charge >= 0.3 is 0 Å². The molecular weight excluding hydrogens is 134 g/mol. The fourth-order valence-electron chi connectivity index (χ4n) is 0.801. The van der Waals surface area contributed by atoms with Gasteiger partial charge in [-0.2, -0.15) is 0 Å². The third-order valence-electron chi connectivity index (χ3n) is 1.42. The monoisotopic (exact) mass is 143 g/mol. The second kappa shape index (κ2) is 3.58. The van der Waals surface area contributed by atoms with Crippen LogP contribution in [0, 0.1) is 13.5 Å². The van der Waals surface area contributed by atoms with Gasteiger partial charge in [-0.25, -0.2) is 4.85 Å². The first-order chi connectivity index (χ1) is 5.33. The lowest BCUT2D eigenvalue weighted by Gasteiger charge is -1.92. The summed E-state index contributed by atoms with van der Waals surface area (Å²) in [6.07, 6.45) is 3.26. The van der Waals surface area contributed by atoms with E-state index < -0.39 is 0 Å². The molecule has 0 saturated heterocycles. The molecule has 1 heteroatoms. The largest absolute Gasteiger partial charge is 0.246 e. The van der Waals surface area contributed by atoms with Gasteiger partial charge in [-0.3, -0.25) is 0 Å². The second-order valence-electron chi connectivity index (χ2n) is 2.36. The van der Waals surface area contributed by atoms with Crippen LogP contribution in [0.2, 0.25) is 0 Å². The lowest BCUT2D eigenvalue weighted by Crippen LogP contribution is -1.71. The van der Waals surface area contributed by atoms with E-state index in [9.17, 15) is 0 Å². The van der Waals surface area contributed by atoms with Crippen molar-refractivity contribution in [3.8, 4) is 0 Å². The molecule has 1 aromatic carbocycles. The van der Waals surface area contributed by atoms with Gasteiger partial charge in [0.15, 0.2) is 6.20 Å². The van der Waals surface area contributed by atoms with Crippen molar-refractivity contribution < 1.29 is 0 Å². The Labute approximate surface area is 66.8 Å². The van der Waals surface area contributed by atoms with E-state index in [1.807, 2.05) is 31.2 Å². The van der Waals surface area contributed by atoms with Crippen molar-refractivity contribution in [1.82, 2.24) is 0 Å². The van der Waals surface area contributed by atoms with Crippen LogP contribution < -0.4 is 0 Å². The van der Waals surface area contributed by atoms with Crippen LogP contribution in [-0.2, 0) is 0 Å². The quantitative estimate of drug-likeness (QED) is 0.532. The van der Waals surface area contributed by atoms with Crippen LogP contribution in [0.4, 0.5) is 0 Å². The van der Waals surface area contributed by atoms with Crippen LogP contribution in [0.15, 0.2) is 30.5 Å². The number of benzene rings is 1. The standard InChI is InChI=1S/C10H9N/c1-9-3-5-10(6-4-9)7-8-11-2/h3-8H,1H3/b8-7+. The Hall–Kier alpha value is -1.55. The van der Waals surface area contributed by atoms with E-state index in [-0.39, 0.29) is 0 Å². The zero-order valence-corrected chi connectivity index (χ0v) is 6.41. The first kappa shape index (κ1) is 7.56. The van der Waals surface area contributed by atoms with Gasteiger partial charge in [0.25, 0.3) is 0 Å². The summed E-state index contributed by atoms with van der Waals surface area (Å²) < 4.78 is 0. The summed E-state index contributed by atoms with van der Waals surface area (Å²) in [7, 11) is 0. The first-order valence-electron chi connectivity index (χ1n) is 3.43. The third-order valence-corrected chi connectivity index (χ3v) is 1.42. The summed E-state index contributed by atoms with van der Waals surface area (Å²) >= 11 is 0. The van der Waals surface area contributed by atoms with Crippen molar-refractivity contribution in [2.24, 2.45) is 0 Å². The first-order valence-corrected chi connectivity index (χ1v) is 3.43. The van der Waals surface area contributed by atoms with Crippen LogP contribution in [0.3, 0.4) is 0 Å². The van der Waals surface area contributed by atoms with Crippen LogP contribution in [0.25, 0.3) is 10.9 Å². The van der Waals surface area contributed by atoms with Gasteiger partial charge in [-0.15, -0.1) is 0 Å². The van der Waals surface area contributed by atoms with Crippen molar-refractivity contribution in [3.05, 3.63) is 53.0 Å². The third kappa shape index (κ3) is 2.27. The minimum absolute atomic E-state index is 1.08. The van der Waals surface area contributed by atoms with Crippen molar-refractivity contribution >= 4 is 6.08 Å². The van der Waals surface area contributed by atoms with Crippen molar-refractivity contribution in [2.45, 2.75) is 6.92 Å². The Morgan fingerprint density at radius 3 is 2.45 bits per heavy atom. The molecule has 1 nitrogen and oxygen atoms in total. The molecule has 0 unspecified atom stereocenters. The maximum Gasteiger partial charge on any atom is 0.154 e. The maximum atomic E-state index is 6.53. The molecule has 0 spiro atoms. The number of hydrogen-bond donors (Lipinski definition) is 0. The molecular formula is C10H9N. The minimum atomic E-state index is 1.08. The van der Waals surface area contributed by atoms with E-state index in [0.717, 1.165) is 5.56 Å². The van der Waals surface area contributed by atoms with Gasteiger partial charge < -0.3 is 0 Å². The molecule has 0 saturated carbocycles. The molecule has 0 aliphatic heterocycles. The summed E-state index contributed by atoms with van der Waals surface area (Å²) in [6, 6.07) is 8.06. The minimum Gasteiger partial charge on any atom is -0.246 e. The summed E-state index contributed by atoms with van der Waals surface area (Å²) in [4.78, 5) is 3.12. The van der Waals surface area contributed by atoms with Crippen LogP contribution in [-0.4, -0.2) is 0 Å². The lowest BCUT2D eigenvalue weighted by molar-refractivity contribution is 1.46. The molecule has 0 aliphatic rings. The van der Waals surface area contributed by atoms with Crippen LogP contribution in [0.1, 0.15) is 11.1 Å². The average Bonchev–Trinajstić information content (AvgIpc) is 2.04. The van der Waals surface area contributed by atoms with Gasteiger partial charge in [-0.1, -0.05) is 35.9 Å². The Kier molecular flexibility index (Phi) is 2.46. The Morgan fingerprint density at radius 2 is 1.91 bits per heavy atom. The highest BCUT2D eigenvalue weighted by molar-refractivity contribution is 5.50. The topological polar surface area (TPSA) is 4.36 Å². The van der Waals surface area contributed by atoms with E-state index in [0.29, 0.717) is 0 Å². The fraction of sp³-hybridized carbons (Fsp3) is 0.100. The highest BCUT2D eigenvalue weighted by Gasteiger charge is 1.83. The van der Waals surface area contributed by atoms with Gasteiger partial charge in [0.2, 0.25) is 0 Å². The zero-order valence-electron chi connectivity index (χ0n) is 6.41. The Bertz CT molecular complexity index is 288. The predicted molar refractivity (Wildman–Crippen MR) is 46.8 cm³/mol. The van der Waals surface area contributed by atoms with Gasteiger partial charge in [0.05, 0.1) is 6.57 Å². The molecule has 1 rings (SSSR count). The zero-order chi connectivity index (χ0) is 8.10. The molecule has 1 aromatic rings. The molecule has 0 amide bonds. The van der Waals surface area contributed by atoms with E-state index >= 15 is 0 Å². The molecule has 0 atom stereocenters. The summed E-state index contributed by atoms with van der Waals surface area (Å²) in [5.74, 6) is 0. The normalized spacial score (nSPS) is 9.82. The smallest absolute Gasteiger partial charge is 0.154 e. The average molecular weight is 143 g/mol.